The predicted molar refractivity (Wildman–Crippen MR) is 57.6 cm³/mol. The maximum absolute atomic E-state index is 10.9. The summed E-state index contributed by atoms with van der Waals surface area (Å²) in [6.45, 7) is 2.23. The summed E-state index contributed by atoms with van der Waals surface area (Å²) in [6.07, 6.45) is 1.50. The molecule has 14 heavy (non-hydrogen) atoms. The van der Waals surface area contributed by atoms with Crippen molar-refractivity contribution >= 4 is 25.4 Å². The first-order valence-corrected chi connectivity index (χ1v) is 6.22. The summed E-state index contributed by atoms with van der Waals surface area (Å²) in [5, 5.41) is 0. The number of carbonyl (C=O) groups excluding carboxylic acids is 1. The van der Waals surface area contributed by atoms with Crippen molar-refractivity contribution in [3.8, 4) is 0 Å². The molecule has 1 aromatic rings. The van der Waals surface area contributed by atoms with Gasteiger partial charge in [0.1, 0.15) is 0 Å². The molecule has 0 saturated heterocycles. The van der Waals surface area contributed by atoms with E-state index in [1.165, 1.54) is 10.5 Å². The molecule has 0 saturated carbocycles. The Balaban J connectivity index is 2.37. The molecule has 0 unspecified atom stereocenters. The number of benzene rings is 1. The predicted octanol–water partition coefficient (Wildman–Crippen LogP) is 1.09. The van der Waals surface area contributed by atoms with Gasteiger partial charge in [0.15, 0.2) is 0 Å². The second-order valence-corrected chi connectivity index (χ2v) is 4.54. The Morgan fingerprint density at radius 2 is 2.14 bits per heavy atom. The molecule has 1 rings (SSSR count). The Labute approximate surface area is 90.1 Å². The molecule has 74 valence electrons. The minimum atomic E-state index is -0.259. The van der Waals surface area contributed by atoms with Gasteiger partial charge >= 0.3 is 89.8 Å². The quantitative estimate of drug-likeness (QED) is 0.457. The van der Waals surface area contributed by atoms with Crippen LogP contribution >= 0.6 is 0 Å². The van der Waals surface area contributed by atoms with Crippen LogP contribution in [0.2, 0.25) is 0 Å². The van der Waals surface area contributed by atoms with Crippen LogP contribution in [0, 0.1) is 0 Å². The van der Waals surface area contributed by atoms with Gasteiger partial charge in [0.05, 0.1) is 0 Å². The zero-order valence-corrected chi connectivity index (χ0v) is 9.69. The van der Waals surface area contributed by atoms with Crippen molar-refractivity contribution in [2.24, 2.45) is 0 Å². The number of hydrogen-bond acceptors (Lipinski definition) is 2. The van der Waals surface area contributed by atoms with E-state index in [1.807, 2.05) is 23.2 Å². The van der Waals surface area contributed by atoms with Crippen LogP contribution in [0.3, 0.4) is 0 Å². The SMILES string of the molecule is CCOC(=O)/C=C/[Se]c1ccccc1. The molecule has 0 atom stereocenters. The van der Waals surface area contributed by atoms with Crippen LogP contribution < -0.4 is 4.46 Å². The normalized spacial score (nSPS) is 10.4. The second-order valence-electron chi connectivity index (χ2n) is 2.49. The van der Waals surface area contributed by atoms with Gasteiger partial charge in [-0.3, -0.25) is 0 Å². The Morgan fingerprint density at radius 3 is 2.79 bits per heavy atom. The summed E-state index contributed by atoms with van der Waals surface area (Å²) in [6, 6.07) is 10.1. The summed E-state index contributed by atoms with van der Waals surface area (Å²) in [5.41, 5.74) is 0. The van der Waals surface area contributed by atoms with Gasteiger partial charge in [-0.25, -0.2) is 0 Å². The average molecular weight is 255 g/mol. The van der Waals surface area contributed by atoms with E-state index < -0.39 is 0 Å². The zero-order chi connectivity index (χ0) is 10.2. The molecule has 0 aliphatic rings. The monoisotopic (exact) mass is 256 g/mol. The first-order chi connectivity index (χ1) is 6.83. The first kappa shape index (κ1) is 11.0. The summed E-state index contributed by atoms with van der Waals surface area (Å²) in [5.74, 6) is -0.259. The second kappa shape index (κ2) is 6.41. The van der Waals surface area contributed by atoms with Crippen molar-refractivity contribution in [3.63, 3.8) is 0 Å². The number of carbonyl (C=O) groups is 1. The Morgan fingerprint density at radius 1 is 1.43 bits per heavy atom. The van der Waals surface area contributed by atoms with Crippen molar-refractivity contribution in [1.29, 1.82) is 0 Å². The molecule has 0 spiro atoms. The maximum atomic E-state index is 10.9. The molecule has 0 amide bonds. The molecule has 3 heteroatoms. The van der Waals surface area contributed by atoms with E-state index in [-0.39, 0.29) is 20.9 Å². The van der Waals surface area contributed by atoms with Gasteiger partial charge in [-0.1, -0.05) is 0 Å². The van der Waals surface area contributed by atoms with E-state index in [4.69, 9.17) is 4.74 Å². The third-order valence-corrected chi connectivity index (χ3v) is 3.15. The van der Waals surface area contributed by atoms with Gasteiger partial charge < -0.3 is 0 Å². The van der Waals surface area contributed by atoms with E-state index in [9.17, 15) is 4.79 Å². The Bertz CT molecular complexity index is 306. The summed E-state index contributed by atoms with van der Waals surface area (Å²) >= 11 is 0.216. The summed E-state index contributed by atoms with van der Waals surface area (Å²) < 4.78 is 6.01. The van der Waals surface area contributed by atoms with Crippen molar-refractivity contribution in [2.75, 3.05) is 6.61 Å². The molecular weight excluding hydrogens is 243 g/mol. The van der Waals surface area contributed by atoms with Crippen LogP contribution in [0.4, 0.5) is 0 Å². The van der Waals surface area contributed by atoms with Crippen LogP contribution in [0.15, 0.2) is 41.4 Å². The zero-order valence-electron chi connectivity index (χ0n) is 7.97. The minimum absolute atomic E-state index is 0.216. The molecule has 1 aromatic carbocycles. The van der Waals surface area contributed by atoms with Crippen LogP contribution in [0.1, 0.15) is 6.92 Å². The van der Waals surface area contributed by atoms with Gasteiger partial charge in [-0.15, -0.1) is 0 Å². The topological polar surface area (TPSA) is 26.3 Å². The molecular formula is C11H12O2Se. The van der Waals surface area contributed by atoms with Gasteiger partial charge in [-0.05, 0) is 0 Å². The first-order valence-electron chi connectivity index (χ1n) is 4.38. The van der Waals surface area contributed by atoms with Gasteiger partial charge in [-0.2, -0.15) is 0 Å². The molecule has 0 bridgehead atoms. The van der Waals surface area contributed by atoms with Crippen LogP contribution in [0.5, 0.6) is 0 Å². The van der Waals surface area contributed by atoms with Gasteiger partial charge in [0.2, 0.25) is 0 Å². The van der Waals surface area contributed by atoms with Crippen LogP contribution in [-0.2, 0) is 9.53 Å². The van der Waals surface area contributed by atoms with E-state index >= 15 is 0 Å². The summed E-state index contributed by atoms with van der Waals surface area (Å²) in [4.78, 5) is 12.8. The number of ether oxygens (including phenoxy) is 1. The Hall–Kier alpha value is -1.05. The molecule has 0 aliphatic heterocycles. The molecule has 0 aliphatic carbocycles. The van der Waals surface area contributed by atoms with Gasteiger partial charge in [0, 0.05) is 0 Å². The third-order valence-electron chi connectivity index (χ3n) is 1.44. The van der Waals surface area contributed by atoms with Crippen molar-refractivity contribution in [3.05, 3.63) is 41.4 Å². The van der Waals surface area contributed by atoms with E-state index in [0.717, 1.165) is 0 Å². The number of rotatable bonds is 4. The van der Waals surface area contributed by atoms with E-state index in [0.29, 0.717) is 6.61 Å². The molecule has 0 heterocycles. The fraction of sp³-hybridized carbons (Fsp3) is 0.182. The van der Waals surface area contributed by atoms with Gasteiger partial charge in [0.25, 0.3) is 0 Å². The molecule has 0 fully saturated rings. The average Bonchev–Trinajstić information content (AvgIpc) is 2.20. The third kappa shape index (κ3) is 4.26. The molecule has 0 radical (unpaired) electrons. The molecule has 2 nitrogen and oxygen atoms in total. The van der Waals surface area contributed by atoms with E-state index in [2.05, 4.69) is 12.1 Å². The van der Waals surface area contributed by atoms with Crippen molar-refractivity contribution < 1.29 is 9.53 Å². The fourth-order valence-corrected chi connectivity index (χ4v) is 2.22. The van der Waals surface area contributed by atoms with Crippen LogP contribution in [-0.4, -0.2) is 27.5 Å². The summed E-state index contributed by atoms with van der Waals surface area (Å²) in [7, 11) is 0. The Kier molecular flexibility index (Phi) is 5.05. The van der Waals surface area contributed by atoms with E-state index in [1.54, 1.807) is 6.92 Å². The fourth-order valence-electron chi connectivity index (χ4n) is 0.858. The van der Waals surface area contributed by atoms with Crippen LogP contribution in [0.25, 0.3) is 0 Å². The van der Waals surface area contributed by atoms with Crippen molar-refractivity contribution in [2.45, 2.75) is 6.92 Å². The molecule has 0 aromatic heterocycles. The molecule has 0 N–H and O–H groups in total. The number of esters is 1. The number of hydrogen-bond donors (Lipinski definition) is 0. The standard InChI is InChI=1S/C11H12O2Se/c1-2-13-11(12)8-9-14-10-6-4-3-5-7-10/h3-9H,2H2,1H3/b9-8+. The van der Waals surface area contributed by atoms with Crippen molar-refractivity contribution in [1.82, 2.24) is 0 Å².